The Morgan fingerprint density at radius 1 is 1.11 bits per heavy atom. The average Bonchev–Trinajstić information content (AvgIpc) is 2.35. The summed E-state index contributed by atoms with van der Waals surface area (Å²) in [6.45, 7) is 0. The monoisotopic (exact) mass is 283 g/mol. The Bertz CT molecular complexity index is 628. The van der Waals surface area contributed by atoms with E-state index in [1.807, 2.05) is 0 Å². The van der Waals surface area contributed by atoms with Crippen molar-refractivity contribution in [3.63, 3.8) is 0 Å². The van der Waals surface area contributed by atoms with E-state index in [0.717, 1.165) is 6.07 Å². The summed E-state index contributed by atoms with van der Waals surface area (Å²) in [5, 5.41) is 0.546. The number of rotatable bonds is 2. The van der Waals surface area contributed by atoms with Crippen LogP contribution in [0.5, 0.6) is 0 Å². The molecule has 0 radical (unpaired) electrons. The van der Waals surface area contributed by atoms with Crippen LogP contribution in [0.25, 0.3) is 0 Å². The van der Waals surface area contributed by atoms with Crippen molar-refractivity contribution in [2.24, 2.45) is 0 Å². The van der Waals surface area contributed by atoms with Crippen LogP contribution in [0.2, 0.25) is 10.0 Å². The molecule has 0 aromatic heterocycles. The van der Waals surface area contributed by atoms with Gasteiger partial charge in [-0.15, -0.1) is 0 Å². The third-order valence-electron chi connectivity index (χ3n) is 2.44. The summed E-state index contributed by atoms with van der Waals surface area (Å²) >= 11 is 11.6. The van der Waals surface area contributed by atoms with Gasteiger partial charge in [0.2, 0.25) is 0 Å². The van der Waals surface area contributed by atoms with Gasteiger partial charge >= 0.3 is 0 Å². The smallest absolute Gasteiger partial charge is 0.196 e. The molecule has 2 rings (SSSR count). The number of hydrogen-bond donors (Lipinski definition) is 1. The van der Waals surface area contributed by atoms with Gasteiger partial charge in [0.25, 0.3) is 0 Å². The first-order chi connectivity index (χ1) is 8.49. The maximum atomic E-state index is 13.5. The lowest BCUT2D eigenvalue weighted by Crippen LogP contribution is -2.04. The number of nitrogens with two attached hydrogens (primary N) is 1. The zero-order valence-electron chi connectivity index (χ0n) is 9.08. The Morgan fingerprint density at radius 2 is 1.83 bits per heavy atom. The van der Waals surface area contributed by atoms with E-state index in [4.69, 9.17) is 28.9 Å². The highest BCUT2D eigenvalue weighted by Gasteiger charge is 2.15. The molecule has 2 aromatic carbocycles. The van der Waals surface area contributed by atoms with Crippen LogP contribution in [-0.4, -0.2) is 5.78 Å². The topological polar surface area (TPSA) is 43.1 Å². The van der Waals surface area contributed by atoms with Crippen LogP contribution < -0.4 is 5.73 Å². The highest BCUT2D eigenvalue weighted by Crippen LogP contribution is 2.23. The fourth-order valence-corrected chi connectivity index (χ4v) is 1.85. The van der Waals surface area contributed by atoms with Gasteiger partial charge in [-0.25, -0.2) is 4.39 Å². The molecular weight excluding hydrogens is 276 g/mol. The molecule has 0 saturated carbocycles. The summed E-state index contributed by atoms with van der Waals surface area (Å²) in [5.74, 6) is -1.12. The molecule has 18 heavy (non-hydrogen) atoms. The summed E-state index contributed by atoms with van der Waals surface area (Å²) in [6.07, 6.45) is 0. The van der Waals surface area contributed by atoms with E-state index in [1.165, 1.54) is 30.3 Å². The Labute approximate surface area is 113 Å². The minimum atomic E-state index is -0.627. The molecule has 5 heteroatoms. The molecule has 0 fully saturated rings. The second kappa shape index (κ2) is 4.96. The molecule has 0 saturated heterocycles. The molecule has 2 nitrogen and oxygen atoms in total. The molecular formula is C13H8Cl2FNO. The molecule has 0 atom stereocenters. The second-order valence-corrected chi connectivity index (χ2v) is 4.53. The second-order valence-electron chi connectivity index (χ2n) is 3.69. The van der Waals surface area contributed by atoms with Crippen LogP contribution >= 0.6 is 23.2 Å². The standard InChI is InChI=1S/C13H8Cl2FNO/c14-8-2-3-11(16)9(6-8)13(18)7-1-4-12(17)10(15)5-7/h1-6H,17H2. The van der Waals surface area contributed by atoms with Crippen molar-refractivity contribution >= 4 is 34.7 Å². The summed E-state index contributed by atoms with van der Waals surface area (Å²) in [7, 11) is 0. The maximum Gasteiger partial charge on any atom is 0.196 e. The lowest BCUT2D eigenvalue weighted by Gasteiger charge is -2.05. The van der Waals surface area contributed by atoms with Gasteiger partial charge in [0, 0.05) is 10.6 Å². The van der Waals surface area contributed by atoms with E-state index < -0.39 is 11.6 Å². The van der Waals surface area contributed by atoms with E-state index in [0.29, 0.717) is 10.7 Å². The Kier molecular flexibility index (Phi) is 3.55. The van der Waals surface area contributed by atoms with Crippen LogP contribution in [0.4, 0.5) is 10.1 Å². The van der Waals surface area contributed by atoms with Gasteiger partial charge in [0.15, 0.2) is 5.78 Å². The van der Waals surface area contributed by atoms with Crippen LogP contribution in [0.3, 0.4) is 0 Å². The molecule has 2 aromatic rings. The minimum absolute atomic E-state index is 0.0941. The van der Waals surface area contributed by atoms with Gasteiger partial charge < -0.3 is 5.73 Å². The average molecular weight is 284 g/mol. The molecule has 0 spiro atoms. The molecule has 0 bridgehead atoms. The fourth-order valence-electron chi connectivity index (χ4n) is 1.50. The third-order valence-corrected chi connectivity index (χ3v) is 3.00. The van der Waals surface area contributed by atoms with E-state index in [2.05, 4.69) is 0 Å². The van der Waals surface area contributed by atoms with Crippen LogP contribution in [0.1, 0.15) is 15.9 Å². The number of hydrogen-bond acceptors (Lipinski definition) is 2. The zero-order chi connectivity index (χ0) is 13.3. The number of nitrogen functional groups attached to an aromatic ring is 1. The number of carbonyl (C=O) groups is 1. The first-order valence-corrected chi connectivity index (χ1v) is 5.79. The van der Waals surface area contributed by atoms with Gasteiger partial charge in [0.05, 0.1) is 16.3 Å². The van der Waals surface area contributed by atoms with Crippen molar-refractivity contribution in [2.75, 3.05) is 5.73 Å². The molecule has 0 heterocycles. The summed E-state index contributed by atoms with van der Waals surface area (Å²) in [4.78, 5) is 12.1. The highest BCUT2D eigenvalue weighted by atomic mass is 35.5. The number of anilines is 1. The largest absolute Gasteiger partial charge is 0.398 e. The molecule has 0 amide bonds. The predicted octanol–water partition coefficient (Wildman–Crippen LogP) is 3.95. The van der Waals surface area contributed by atoms with Gasteiger partial charge in [-0.2, -0.15) is 0 Å². The SMILES string of the molecule is Nc1ccc(C(=O)c2cc(Cl)ccc2F)cc1Cl. The van der Waals surface area contributed by atoms with Gasteiger partial charge in [-0.3, -0.25) is 4.79 Å². The number of ketones is 1. The first-order valence-electron chi connectivity index (χ1n) is 5.04. The van der Waals surface area contributed by atoms with E-state index in [-0.39, 0.29) is 16.1 Å². The van der Waals surface area contributed by atoms with Gasteiger partial charge in [0.1, 0.15) is 5.82 Å². The molecule has 0 aliphatic rings. The normalized spacial score (nSPS) is 10.4. The molecule has 2 N–H and O–H groups in total. The first kappa shape index (κ1) is 12.9. The van der Waals surface area contributed by atoms with Crippen molar-refractivity contribution < 1.29 is 9.18 Å². The Morgan fingerprint density at radius 3 is 2.50 bits per heavy atom. The van der Waals surface area contributed by atoms with Crippen molar-refractivity contribution in [3.05, 3.63) is 63.4 Å². The summed E-state index contributed by atoms with van der Waals surface area (Å²) in [6, 6.07) is 8.20. The predicted molar refractivity (Wildman–Crippen MR) is 70.7 cm³/mol. The molecule has 92 valence electrons. The number of halogens is 3. The zero-order valence-corrected chi connectivity index (χ0v) is 10.6. The van der Waals surface area contributed by atoms with Crippen LogP contribution in [0, 0.1) is 5.82 Å². The fraction of sp³-hybridized carbons (Fsp3) is 0. The van der Waals surface area contributed by atoms with Gasteiger partial charge in [-0.05, 0) is 36.4 Å². The number of carbonyl (C=O) groups excluding carboxylic acids is 1. The minimum Gasteiger partial charge on any atom is -0.398 e. The van der Waals surface area contributed by atoms with E-state index >= 15 is 0 Å². The maximum absolute atomic E-state index is 13.5. The lowest BCUT2D eigenvalue weighted by atomic mass is 10.0. The number of benzene rings is 2. The van der Waals surface area contributed by atoms with Crippen LogP contribution in [-0.2, 0) is 0 Å². The molecule has 0 aliphatic heterocycles. The highest BCUT2D eigenvalue weighted by molar-refractivity contribution is 6.33. The molecule has 0 aliphatic carbocycles. The van der Waals surface area contributed by atoms with Crippen molar-refractivity contribution in [3.8, 4) is 0 Å². The van der Waals surface area contributed by atoms with Gasteiger partial charge in [-0.1, -0.05) is 23.2 Å². The quantitative estimate of drug-likeness (QED) is 0.670. The van der Waals surface area contributed by atoms with Crippen molar-refractivity contribution in [1.29, 1.82) is 0 Å². The summed E-state index contributed by atoms with van der Waals surface area (Å²) < 4.78 is 13.5. The third kappa shape index (κ3) is 2.47. The Balaban J connectivity index is 2.47. The van der Waals surface area contributed by atoms with Crippen molar-refractivity contribution in [2.45, 2.75) is 0 Å². The summed E-state index contributed by atoms with van der Waals surface area (Å²) in [5.41, 5.74) is 6.07. The van der Waals surface area contributed by atoms with E-state index in [9.17, 15) is 9.18 Å². The lowest BCUT2D eigenvalue weighted by molar-refractivity contribution is 0.103. The van der Waals surface area contributed by atoms with E-state index in [1.54, 1.807) is 0 Å². The van der Waals surface area contributed by atoms with Crippen molar-refractivity contribution in [1.82, 2.24) is 0 Å². The molecule has 0 unspecified atom stereocenters. The van der Waals surface area contributed by atoms with Crippen LogP contribution in [0.15, 0.2) is 36.4 Å². The Hall–Kier alpha value is -1.58.